The molecule has 0 aliphatic heterocycles. The molecule has 94 valence electrons. The standard InChI is InChI=1S/C14H15ClN2O/c1-18-13-4-2-3-12-11(13)5-6-16-14(12)17-10-7-9(15)8-10/h2-6,9-10H,7-8H2,1H3,(H,16,17). The first kappa shape index (κ1) is 11.6. The van der Waals surface area contributed by atoms with E-state index in [1.54, 1.807) is 7.11 Å². The van der Waals surface area contributed by atoms with Crippen LogP contribution in [0, 0.1) is 0 Å². The summed E-state index contributed by atoms with van der Waals surface area (Å²) in [7, 11) is 1.69. The number of nitrogens with one attached hydrogen (secondary N) is 1. The van der Waals surface area contributed by atoms with E-state index in [2.05, 4.69) is 16.4 Å². The second-order valence-corrected chi connectivity index (χ2v) is 5.24. The van der Waals surface area contributed by atoms with Gasteiger partial charge in [-0.3, -0.25) is 0 Å². The van der Waals surface area contributed by atoms with Crippen LogP contribution < -0.4 is 10.1 Å². The number of halogens is 1. The van der Waals surface area contributed by atoms with E-state index in [0.717, 1.165) is 35.2 Å². The van der Waals surface area contributed by atoms with Gasteiger partial charge in [-0.05, 0) is 25.0 Å². The minimum absolute atomic E-state index is 0.312. The third kappa shape index (κ3) is 1.99. The third-order valence-electron chi connectivity index (χ3n) is 3.41. The fraction of sp³-hybridized carbons (Fsp3) is 0.357. The first-order valence-corrected chi connectivity index (χ1v) is 6.54. The Morgan fingerprint density at radius 3 is 2.83 bits per heavy atom. The molecule has 1 N–H and O–H groups in total. The number of methoxy groups -OCH3 is 1. The lowest BCUT2D eigenvalue weighted by molar-refractivity contribution is 0.420. The van der Waals surface area contributed by atoms with Crippen molar-refractivity contribution in [3.8, 4) is 5.75 Å². The smallest absolute Gasteiger partial charge is 0.134 e. The molecule has 0 bridgehead atoms. The molecule has 1 heterocycles. The van der Waals surface area contributed by atoms with Gasteiger partial charge in [-0.25, -0.2) is 4.98 Å². The van der Waals surface area contributed by atoms with Gasteiger partial charge in [-0.1, -0.05) is 12.1 Å². The fourth-order valence-electron chi connectivity index (χ4n) is 2.33. The molecule has 0 radical (unpaired) electrons. The maximum Gasteiger partial charge on any atom is 0.134 e. The van der Waals surface area contributed by atoms with E-state index in [0.29, 0.717) is 11.4 Å². The highest BCUT2D eigenvalue weighted by Gasteiger charge is 2.27. The quantitative estimate of drug-likeness (QED) is 0.861. The van der Waals surface area contributed by atoms with Crippen LogP contribution in [0.5, 0.6) is 5.75 Å². The first-order valence-electron chi connectivity index (χ1n) is 6.10. The van der Waals surface area contributed by atoms with E-state index >= 15 is 0 Å². The van der Waals surface area contributed by atoms with E-state index in [4.69, 9.17) is 16.3 Å². The molecule has 0 amide bonds. The zero-order valence-corrected chi connectivity index (χ0v) is 10.9. The maximum absolute atomic E-state index is 6.00. The molecule has 1 aromatic carbocycles. The van der Waals surface area contributed by atoms with Crippen LogP contribution in [0.4, 0.5) is 5.82 Å². The molecule has 1 aliphatic carbocycles. The predicted molar refractivity (Wildman–Crippen MR) is 74.6 cm³/mol. The van der Waals surface area contributed by atoms with Crippen LogP contribution in [0.1, 0.15) is 12.8 Å². The number of pyridine rings is 1. The van der Waals surface area contributed by atoms with Gasteiger partial charge in [0, 0.05) is 28.4 Å². The third-order valence-corrected chi connectivity index (χ3v) is 3.76. The summed E-state index contributed by atoms with van der Waals surface area (Å²) in [6.45, 7) is 0. The van der Waals surface area contributed by atoms with Crippen LogP contribution in [0.15, 0.2) is 30.5 Å². The lowest BCUT2D eigenvalue weighted by Crippen LogP contribution is -2.36. The summed E-state index contributed by atoms with van der Waals surface area (Å²) in [6.07, 6.45) is 3.82. The van der Waals surface area contributed by atoms with Gasteiger partial charge in [0.25, 0.3) is 0 Å². The number of nitrogens with zero attached hydrogens (tertiary/aromatic N) is 1. The highest BCUT2D eigenvalue weighted by Crippen LogP contribution is 2.32. The van der Waals surface area contributed by atoms with Gasteiger partial charge in [-0.2, -0.15) is 0 Å². The predicted octanol–water partition coefficient (Wildman–Crippen LogP) is 3.43. The van der Waals surface area contributed by atoms with Crippen LogP contribution in [-0.2, 0) is 0 Å². The van der Waals surface area contributed by atoms with Crippen molar-refractivity contribution in [3.05, 3.63) is 30.5 Å². The van der Waals surface area contributed by atoms with Crippen molar-refractivity contribution in [2.45, 2.75) is 24.3 Å². The molecule has 3 rings (SSSR count). The number of benzene rings is 1. The summed E-state index contributed by atoms with van der Waals surface area (Å²) in [4.78, 5) is 4.42. The Hall–Kier alpha value is -1.48. The average Bonchev–Trinajstić information content (AvgIpc) is 2.36. The Kier molecular flexibility index (Phi) is 3.00. The molecular formula is C14H15ClN2O. The molecule has 1 fully saturated rings. The zero-order valence-electron chi connectivity index (χ0n) is 10.2. The van der Waals surface area contributed by atoms with Crippen molar-refractivity contribution in [3.63, 3.8) is 0 Å². The van der Waals surface area contributed by atoms with Gasteiger partial charge in [-0.15, -0.1) is 11.6 Å². The normalized spacial score (nSPS) is 22.6. The molecule has 1 aliphatic rings. The Morgan fingerprint density at radius 1 is 1.28 bits per heavy atom. The van der Waals surface area contributed by atoms with Gasteiger partial charge in [0.2, 0.25) is 0 Å². The summed E-state index contributed by atoms with van der Waals surface area (Å²) in [5, 5.41) is 5.94. The highest BCUT2D eigenvalue weighted by atomic mass is 35.5. The van der Waals surface area contributed by atoms with E-state index in [-0.39, 0.29) is 0 Å². The second kappa shape index (κ2) is 4.65. The Morgan fingerprint density at radius 2 is 2.11 bits per heavy atom. The lowest BCUT2D eigenvalue weighted by Gasteiger charge is -2.32. The second-order valence-electron chi connectivity index (χ2n) is 4.62. The van der Waals surface area contributed by atoms with Crippen LogP contribution in [0.3, 0.4) is 0 Å². The molecular weight excluding hydrogens is 248 g/mol. The summed E-state index contributed by atoms with van der Waals surface area (Å²) in [6, 6.07) is 8.43. The van der Waals surface area contributed by atoms with E-state index < -0.39 is 0 Å². The Balaban J connectivity index is 1.96. The fourth-order valence-corrected chi connectivity index (χ4v) is 2.76. The van der Waals surface area contributed by atoms with Gasteiger partial charge in [0.05, 0.1) is 7.11 Å². The summed E-state index contributed by atoms with van der Waals surface area (Å²) < 4.78 is 5.37. The van der Waals surface area contributed by atoms with Crippen molar-refractivity contribution in [1.29, 1.82) is 0 Å². The first-order chi connectivity index (χ1) is 8.78. The Bertz CT molecular complexity index is 567. The number of rotatable bonds is 3. The summed E-state index contributed by atoms with van der Waals surface area (Å²) in [5.74, 6) is 1.79. The topological polar surface area (TPSA) is 34.1 Å². The van der Waals surface area contributed by atoms with Crippen molar-refractivity contribution in [2.75, 3.05) is 12.4 Å². The van der Waals surface area contributed by atoms with Crippen molar-refractivity contribution in [2.24, 2.45) is 0 Å². The maximum atomic E-state index is 6.00. The van der Waals surface area contributed by atoms with E-state index in [1.165, 1.54) is 0 Å². The number of ether oxygens (including phenoxy) is 1. The number of anilines is 1. The Labute approximate surface area is 111 Å². The highest BCUT2D eigenvalue weighted by molar-refractivity contribution is 6.21. The molecule has 1 saturated carbocycles. The van der Waals surface area contributed by atoms with Crippen LogP contribution in [-0.4, -0.2) is 23.5 Å². The number of fused-ring (bicyclic) bond motifs is 1. The largest absolute Gasteiger partial charge is 0.496 e. The van der Waals surface area contributed by atoms with Crippen molar-refractivity contribution >= 4 is 28.2 Å². The number of aromatic nitrogens is 1. The molecule has 0 saturated heterocycles. The molecule has 0 unspecified atom stereocenters. The molecule has 0 spiro atoms. The molecule has 1 aromatic heterocycles. The SMILES string of the molecule is COc1cccc2c(NC3CC(Cl)C3)nccc12. The number of hydrogen-bond acceptors (Lipinski definition) is 3. The summed E-state index contributed by atoms with van der Waals surface area (Å²) >= 11 is 6.00. The molecule has 18 heavy (non-hydrogen) atoms. The minimum Gasteiger partial charge on any atom is -0.496 e. The average molecular weight is 263 g/mol. The number of hydrogen-bond donors (Lipinski definition) is 1. The van der Waals surface area contributed by atoms with Gasteiger partial charge in [0.15, 0.2) is 0 Å². The molecule has 3 nitrogen and oxygen atoms in total. The minimum atomic E-state index is 0.312. The lowest BCUT2D eigenvalue weighted by atomic mass is 9.92. The molecule has 2 aromatic rings. The monoisotopic (exact) mass is 262 g/mol. The van der Waals surface area contributed by atoms with E-state index in [1.807, 2.05) is 24.4 Å². The van der Waals surface area contributed by atoms with E-state index in [9.17, 15) is 0 Å². The van der Waals surface area contributed by atoms with Gasteiger partial charge >= 0.3 is 0 Å². The number of alkyl halides is 1. The van der Waals surface area contributed by atoms with Crippen LogP contribution >= 0.6 is 11.6 Å². The summed E-state index contributed by atoms with van der Waals surface area (Å²) in [5.41, 5.74) is 0. The van der Waals surface area contributed by atoms with Gasteiger partial charge < -0.3 is 10.1 Å². The van der Waals surface area contributed by atoms with Crippen molar-refractivity contribution < 1.29 is 4.74 Å². The zero-order chi connectivity index (χ0) is 12.5. The molecule has 0 atom stereocenters. The van der Waals surface area contributed by atoms with Crippen molar-refractivity contribution in [1.82, 2.24) is 4.98 Å². The van der Waals surface area contributed by atoms with Crippen LogP contribution in [0.25, 0.3) is 10.8 Å². The van der Waals surface area contributed by atoms with Gasteiger partial charge in [0.1, 0.15) is 11.6 Å². The van der Waals surface area contributed by atoms with Crippen LogP contribution in [0.2, 0.25) is 0 Å². The molecule has 4 heteroatoms.